The zero-order valence-electron chi connectivity index (χ0n) is 10.3. The molecule has 3 N–H and O–H groups in total. The number of nitrogens with one attached hydrogen (secondary N) is 1. The summed E-state index contributed by atoms with van der Waals surface area (Å²) < 4.78 is 5.20. The average molecular weight is 256 g/mol. The molecule has 0 bridgehead atoms. The molecule has 3 rings (SSSR count). The van der Waals surface area contributed by atoms with E-state index in [1.807, 2.05) is 12.1 Å². The van der Waals surface area contributed by atoms with E-state index < -0.39 is 0 Å². The van der Waals surface area contributed by atoms with Gasteiger partial charge in [-0.2, -0.15) is 10.1 Å². The van der Waals surface area contributed by atoms with Crippen LogP contribution in [-0.4, -0.2) is 25.3 Å². The van der Waals surface area contributed by atoms with Gasteiger partial charge in [-0.25, -0.2) is 0 Å². The molecule has 19 heavy (non-hydrogen) atoms. The van der Waals surface area contributed by atoms with E-state index in [9.17, 15) is 0 Å². The maximum absolute atomic E-state index is 5.72. The number of nitrogens with two attached hydrogens (primary N) is 1. The van der Waals surface area contributed by atoms with Gasteiger partial charge in [0.25, 0.3) is 5.89 Å². The Morgan fingerprint density at radius 3 is 3.05 bits per heavy atom. The van der Waals surface area contributed by atoms with Crippen LogP contribution in [0.15, 0.2) is 29.0 Å². The minimum atomic E-state index is 0.328. The first-order valence-corrected chi connectivity index (χ1v) is 5.86. The van der Waals surface area contributed by atoms with Crippen LogP contribution in [0.2, 0.25) is 0 Å². The van der Waals surface area contributed by atoms with Crippen molar-refractivity contribution in [3.63, 3.8) is 0 Å². The smallest absolute Gasteiger partial charge is 0.263 e. The highest BCUT2D eigenvalue weighted by Gasteiger charge is 2.16. The molecule has 3 aromatic rings. The molecule has 0 fully saturated rings. The van der Waals surface area contributed by atoms with Crippen molar-refractivity contribution in [1.82, 2.24) is 25.3 Å². The quantitative estimate of drug-likeness (QED) is 0.738. The van der Waals surface area contributed by atoms with Crippen molar-refractivity contribution in [2.75, 3.05) is 5.73 Å². The molecule has 0 aliphatic carbocycles. The van der Waals surface area contributed by atoms with Crippen LogP contribution in [0.1, 0.15) is 12.5 Å². The molecule has 96 valence electrons. The molecule has 0 unspecified atom stereocenters. The SMILES string of the molecule is CCc1cccnc1-c1noc(-c2cn[nH]c2N)n1. The molecule has 0 spiro atoms. The monoisotopic (exact) mass is 256 g/mol. The Morgan fingerprint density at radius 1 is 1.42 bits per heavy atom. The summed E-state index contributed by atoms with van der Waals surface area (Å²) in [5.41, 5.74) is 8.09. The fraction of sp³-hybridized carbons (Fsp3) is 0.167. The van der Waals surface area contributed by atoms with Gasteiger partial charge in [-0.1, -0.05) is 18.1 Å². The summed E-state index contributed by atoms with van der Waals surface area (Å²) in [5, 5.41) is 10.4. The fourth-order valence-electron chi connectivity index (χ4n) is 1.82. The molecule has 3 aromatic heterocycles. The number of aryl methyl sites for hydroxylation is 1. The van der Waals surface area contributed by atoms with Crippen LogP contribution in [-0.2, 0) is 6.42 Å². The van der Waals surface area contributed by atoms with Crippen LogP contribution in [0, 0.1) is 0 Å². The molecule has 0 saturated carbocycles. The van der Waals surface area contributed by atoms with Gasteiger partial charge in [0.2, 0.25) is 5.82 Å². The van der Waals surface area contributed by atoms with Crippen molar-refractivity contribution in [2.45, 2.75) is 13.3 Å². The first-order valence-electron chi connectivity index (χ1n) is 5.86. The van der Waals surface area contributed by atoms with Gasteiger partial charge in [-0.3, -0.25) is 10.1 Å². The first kappa shape index (κ1) is 11.4. The van der Waals surface area contributed by atoms with Crippen LogP contribution in [0.4, 0.5) is 5.82 Å². The second kappa shape index (κ2) is 4.52. The van der Waals surface area contributed by atoms with Crippen LogP contribution in [0.5, 0.6) is 0 Å². The van der Waals surface area contributed by atoms with E-state index in [0.717, 1.165) is 17.7 Å². The number of hydrogen-bond donors (Lipinski definition) is 2. The molecule has 0 amide bonds. The summed E-state index contributed by atoms with van der Waals surface area (Å²) in [6.07, 6.45) is 4.10. The van der Waals surface area contributed by atoms with Gasteiger partial charge in [-0.05, 0) is 18.1 Å². The van der Waals surface area contributed by atoms with E-state index in [0.29, 0.717) is 23.1 Å². The molecule has 7 nitrogen and oxygen atoms in total. The first-order chi connectivity index (χ1) is 9.29. The Labute approximate surface area is 108 Å². The molecular weight excluding hydrogens is 244 g/mol. The summed E-state index contributed by atoms with van der Waals surface area (Å²) >= 11 is 0. The number of aromatic amines is 1. The number of rotatable bonds is 3. The van der Waals surface area contributed by atoms with E-state index >= 15 is 0 Å². The van der Waals surface area contributed by atoms with Gasteiger partial charge in [0.15, 0.2) is 0 Å². The minimum Gasteiger partial charge on any atom is -0.383 e. The van der Waals surface area contributed by atoms with E-state index in [4.69, 9.17) is 10.3 Å². The lowest BCUT2D eigenvalue weighted by atomic mass is 10.1. The lowest BCUT2D eigenvalue weighted by Crippen LogP contribution is -1.92. The zero-order chi connectivity index (χ0) is 13.2. The van der Waals surface area contributed by atoms with Crippen molar-refractivity contribution < 1.29 is 4.52 Å². The second-order valence-electron chi connectivity index (χ2n) is 3.99. The number of hydrogen-bond acceptors (Lipinski definition) is 6. The number of anilines is 1. The summed E-state index contributed by atoms with van der Waals surface area (Å²) in [7, 11) is 0. The van der Waals surface area contributed by atoms with Gasteiger partial charge < -0.3 is 10.3 Å². The molecule has 7 heteroatoms. The van der Waals surface area contributed by atoms with E-state index in [1.165, 1.54) is 0 Å². The Morgan fingerprint density at radius 2 is 2.32 bits per heavy atom. The van der Waals surface area contributed by atoms with Gasteiger partial charge in [0.1, 0.15) is 17.1 Å². The summed E-state index contributed by atoms with van der Waals surface area (Å²) in [6, 6.07) is 3.88. The van der Waals surface area contributed by atoms with Gasteiger partial charge in [0, 0.05) is 6.20 Å². The summed E-state index contributed by atoms with van der Waals surface area (Å²) in [6.45, 7) is 2.05. The zero-order valence-corrected chi connectivity index (χ0v) is 10.3. The number of aromatic nitrogens is 5. The topological polar surface area (TPSA) is 107 Å². The molecular formula is C12H12N6O. The molecule has 0 saturated heterocycles. The van der Waals surface area contributed by atoms with Crippen molar-refractivity contribution in [3.05, 3.63) is 30.1 Å². The summed E-state index contributed by atoms with van der Waals surface area (Å²) in [5.74, 6) is 1.17. The Bertz CT molecular complexity index is 702. The van der Waals surface area contributed by atoms with E-state index in [2.05, 4.69) is 32.2 Å². The third-order valence-corrected chi connectivity index (χ3v) is 2.81. The third kappa shape index (κ3) is 1.95. The van der Waals surface area contributed by atoms with Crippen molar-refractivity contribution in [3.8, 4) is 23.0 Å². The molecule has 3 heterocycles. The molecule has 0 aromatic carbocycles. The Hall–Kier alpha value is -2.70. The van der Waals surface area contributed by atoms with Crippen LogP contribution < -0.4 is 5.73 Å². The molecule has 0 radical (unpaired) electrons. The van der Waals surface area contributed by atoms with Crippen LogP contribution in [0.25, 0.3) is 23.0 Å². The predicted octanol–water partition coefficient (Wildman–Crippen LogP) is 1.67. The maximum Gasteiger partial charge on any atom is 0.263 e. The largest absolute Gasteiger partial charge is 0.383 e. The highest BCUT2D eigenvalue weighted by Crippen LogP contribution is 2.25. The molecule has 0 aliphatic heterocycles. The van der Waals surface area contributed by atoms with Crippen molar-refractivity contribution in [1.29, 1.82) is 0 Å². The molecule has 0 atom stereocenters. The van der Waals surface area contributed by atoms with E-state index in [-0.39, 0.29) is 0 Å². The van der Waals surface area contributed by atoms with Gasteiger partial charge in [-0.15, -0.1) is 0 Å². The number of nitrogen functional groups attached to an aromatic ring is 1. The summed E-state index contributed by atoms with van der Waals surface area (Å²) in [4.78, 5) is 8.61. The molecule has 0 aliphatic rings. The highest BCUT2D eigenvalue weighted by molar-refractivity contribution is 5.67. The fourth-order valence-corrected chi connectivity index (χ4v) is 1.82. The normalized spacial score (nSPS) is 10.8. The Kier molecular flexibility index (Phi) is 2.71. The maximum atomic E-state index is 5.72. The highest BCUT2D eigenvalue weighted by atomic mass is 16.5. The van der Waals surface area contributed by atoms with Crippen molar-refractivity contribution >= 4 is 5.82 Å². The van der Waals surface area contributed by atoms with Gasteiger partial charge in [0.05, 0.1) is 6.20 Å². The van der Waals surface area contributed by atoms with Crippen LogP contribution in [0.3, 0.4) is 0 Å². The van der Waals surface area contributed by atoms with Crippen LogP contribution >= 0.6 is 0 Å². The van der Waals surface area contributed by atoms with Gasteiger partial charge >= 0.3 is 0 Å². The van der Waals surface area contributed by atoms with Crippen molar-refractivity contribution in [2.24, 2.45) is 0 Å². The lowest BCUT2D eigenvalue weighted by molar-refractivity contribution is 0.432. The predicted molar refractivity (Wildman–Crippen MR) is 68.9 cm³/mol. The lowest BCUT2D eigenvalue weighted by Gasteiger charge is -2.00. The van der Waals surface area contributed by atoms with E-state index in [1.54, 1.807) is 12.4 Å². The second-order valence-corrected chi connectivity index (χ2v) is 3.99. The number of H-pyrrole nitrogens is 1. The number of pyridine rings is 1. The third-order valence-electron chi connectivity index (χ3n) is 2.81. The number of nitrogens with zero attached hydrogens (tertiary/aromatic N) is 4. The standard InChI is InChI=1S/C12H12N6O/c1-2-7-4-3-5-14-9(7)11-16-12(19-18-11)8-6-15-17-10(8)13/h3-6H,2H2,1H3,(H3,13,15,17). The average Bonchev–Trinajstić information content (AvgIpc) is 3.07. The minimum absolute atomic E-state index is 0.328. The Balaban J connectivity index is 2.04.